The number of hydrogen-bond acceptors (Lipinski definition) is 4. The SMILES string of the molecule is Nc1nc(Cl)nc(-c2ccc3c(c2)CCC3)n1. The van der Waals surface area contributed by atoms with Gasteiger partial charge in [-0.05, 0) is 48.1 Å². The summed E-state index contributed by atoms with van der Waals surface area (Å²) in [5.41, 5.74) is 9.30. The summed E-state index contributed by atoms with van der Waals surface area (Å²) in [6.45, 7) is 0. The molecule has 0 fully saturated rings. The zero-order valence-corrected chi connectivity index (χ0v) is 9.91. The molecule has 1 aliphatic rings. The van der Waals surface area contributed by atoms with Gasteiger partial charge in [-0.2, -0.15) is 15.0 Å². The fraction of sp³-hybridized carbons (Fsp3) is 0.250. The number of aromatic nitrogens is 3. The fourth-order valence-electron chi connectivity index (χ4n) is 2.21. The molecule has 1 aromatic carbocycles. The summed E-state index contributed by atoms with van der Waals surface area (Å²) in [5.74, 6) is 0.692. The minimum absolute atomic E-state index is 0.132. The van der Waals surface area contributed by atoms with E-state index >= 15 is 0 Å². The predicted octanol–water partition coefficient (Wildman–Crippen LogP) is 2.26. The molecule has 0 aliphatic heterocycles. The van der Waals surface area contributed by atoms with Crippen molar-refractivity contribution < 1.29 is 0 Å². The van der Waals surface area contributed by atoms with Crippen LogP contribution in [0.15, 0.2) is 18.2 Å². The summed E-state index contributed by atoms with van der Waals surface area (Å²) in [5, 5.41) is 0.132. The van der Waals surface area contributed by atoms with Gasteiger partial charge in [-0.15, -0.1) is 0 Å². The van der Waals surface area contributed by atoms with Crippen LogP contribution in [0.25, 0.3) is 11.4 Å². The Hall–Kier alpha value is -1.68. The van der Waals surface area contributed by atoms with Gasteiger partial charge in [0.1, 0.15) is 0 Å². The van der Waals surface area contributed by atoms with E-state index in [1.165, 1.54) is 17.5 Å². The van der Waals surface area contributed by atoms with Crippen molar-refractivity contribution in [3.63, 3.8) is 0 Å². The number of nitrogens with zero attached hydrogens (tertiary/aromatic N) is 3. The van der Waals surface area contributed by atoms with E-state index in [1.54, 1.807) is 0 Å². The third-order valence-electron chi connectivity index (χ3n) is 2.98. The molecule has 86 valence electrons. The second kappa shape index (κ2) is 3.96. The van der Waals surface area contributed by atoms with Crippen molar-refractivity contribution >= 4 is 17.5 Å². The molecule has 0 spiro atoms. The first-order valence-electron chi connectivity index (χ1n) is 5.51. The van der Waals surface area contributed by atoms with Crippen molar-refractivity contribution in [3.8, 4) is 11.4 Å². The zero-order valence-electron chi connectivity index (χ0n) is 9.15. The molecule has 0 unspecified atom stereocenters. The molecule has 5 heteroatoms. The van der Waals surface area contributed by atoms with E-state index in [2.05, 4.69) is 27.1 Å². The van der Waals surface area contributed by atoms with Crippen LogP contribution in [0.5, 0.6) is 0 Å². The minimum Gasteiger partial charge on any atom is -0.368 e. The summed E-state index contributed by atoms with van der Waals surface area (Å²) in [6.07, 6.45) is 3.51. The van der Waals surface area contributed by atoms with E-state index in [4.69, 9.17) is 17.3 Å². The highest BCUT2D eigenvalue weighted by molar-refractivity contribution is 6.28. The van der Waals surface area contributed by atoms with Gasteiger partial charge >= 0.3 is 0 Å². The van der Waals surface area contributed by atoms with E-state index in [0.29, 0.717) is 5.82 Å². The van der Waals surface area contributed by atoms with Crippen LogP contribution in [0.2, 0.25) is 5.28 Å². The Labute approximate surface area is 104 Å². The molecule has 0 atom stereocenters. The van der Waals surface area contributed by atoms with Gasteiger partial charge in [0.25, 0.3) is 0 Å². The van der Waals surface area contributed by atoms with Gasteiger partial charge in [0.05, 0.1) is 0 Å². The van der Waals surface area contributed by atoms with Crippen LogP contribution >= 0.6 is 11.6 Å². The van der Waals surface area contributed by atoms with Gasteiger partial charge < -0.3 is 5.73 Å². The molecule has 0 bridgehead atoms. The topological polar surface area (TPSA) is 64.7 Å². The molecular weight excluding hydrogens is 236 g/mol. The van der Waals surface area contributed by atoms with E-state index in [1.807, 2.05) is 6.07 Å². The lowest BCUT2D eigenvalue weighted by atomic mass is 10.1. The van der Waals surface area contributed by atoms with Crippen molar-refractivity contribution in [2.75, 3.05) is 5.73 Å². The lowest BCUT2D eigenvalue weighted by Crippen LogP contribution is -2.00. The number of halogens is 1. The number of fused-ring (bicyclic) bond motifs is 1. The lowest BCUT2D eigenvalue weighted by Gasteiger charge is -2.04. The first kappa shape index (κ1) is 10.5. The number of rotatable bonds is 1. The minimum atomic E-state index is 0.132. The monoisotopic (exact) mass is 246 g/mol. The Morgan fingerprint density at radius 3 is 2.71 bits per heavy atom. The maximum absolute atomic E-state index is 5.78. The first-order chi connectivity index (χ1) is 8.22. The maximum atomic E-state index is 5.78. The summed E-state index contributed by atoms with van der Waals surface area (Å²) < 4.78 is 0. The smallest absolute Gasteiger partial charge is 0.227 e. The fourth-order valence-corrected chi connectivity index (χ4v) is 2.37. The van der Waals surface area contributed by atoms with Crippen LogP contribution in [0, 0.1) is 0 Å². The van der Waals surface area contributed by atoms with Crippen molar-refractivity contribution in [3.05, 3.63) is 34.6 Å². The van der Waals surface area contributed by atoms with Crippen LogP contribution in [0.4, 0.5) is 5.95 Å². The van der Waals surface area contributed by atoms with Crippen molar-refractivity contribution in [2.24, 2.45) is 0 Å². The summed E-state index contributed by atoms with van der Waals surface area (Å²) in [6, 6.07) is 6.26. The standard InChI is InChI=1S/C12H11ClN4/c13-11-15-10(16-12(14)17-11)9-5-4-7-2-1-3-8(7)6-9/h4-6H,1-3H2,(H2,14,15,16,17). The second-order valence-corrected chi connectivity index (χ2v) is 4.46. The molecule has 1 aromatic heterocycles. The number of aryl methyl sites for hydroxylation is 2. The Kier molecular flexibility index (Phi) is 2.44. The van der Waals surface area contributed by atoms with Crippen molar-refractivity contribution in [2.45, 2.75) is 19.3 Å². The highest BCUT2D eigenvalue weighted by atomic mass is 35.5. The van der Waals surface area contributed by atoms with E-state index in [9.17, 15) is 0 Å². The predicted molar refractivity (Wildman–Crippen MR) is 66.7 cm³/mol. The van der Waals surface area contributed by atoms with Crippen LogP contribution in [0.3, 0.4) is 0 Å². The number of nitrogen functional groups attached to an aromatic ring is 1. The Morgan fingerprint density at radius 2 is 1.88 bits per heavy atom. The second-order valence-electron chi connectivity index (χ2n) is 4.12. The highest BCUT2D eigenvalue weighted by Gasteiger charge is 2.13. The molecule has 0 radical (unpaired) electrons. The molecule has 17 heavy (non-hydrogen) atoms. The molecule has 0 amide bonds. The van der Waals surface area contributed by atoms with E-state index in [0.717, 1.165) is 18.4 Å². The number of anilines is 1. The lowest BCUT2D eigenvalue weighted by molar-refractivity contribution is 0.912. The van der Waals surface area contributed by atoms with Crippen LogP contribution in [0.1, 0.15) is 17.5 Å². The number of nitrogens with two attached hydrogens (primary N) is 1. The zero-order chi connectivity index (χ0) is 11.8. The molecule has 1 aliphatic carbocycles. The molecule has 3 rings (SSSR count). The van der Waals surface area contributed by atoms with Crippen LogP contribution < -0.4 is 5.73 Å². The highest BCUT2D eigenvalue weighted by Crippen LogP contribution is 2.26. The third kappa shape index (κ3) is 1.96. The quantitative estimate of drug-likeness (QED) is 0.838. The molecule has 0 saturated carbocycles. The molecule has 2 N–H and O–H groups in total. The summed E-state index contributed by atoms with van der Waals surface area (Å²) in [7, 11) is 0. The normalized spacial score (nSPS) is 13.7. The summed E-state index contributed by atoms with van der Waals surface area (Å²) in [4.78, 5) is 11.9. The Morgan fingerprint density at radius 1 is 1.06 bits per heavy atom. The molecule has 4 nitrogen and oxygen atoms in total. The average Bonchev–Trinajstić information content (AvgIpc) is 2.74. The van der Waals surface area contributed by atoms with Gasteiger partial charge in [0.15, 0.2) is 5.82 Å². The van der Waals surface area contributed by atoms with Gasteiger partial charge in [-0.3, -0.25) is 0 Å². The van der Waals surface area contributed by atoms with E-state index in [-0.39, 0.29) is 11.2 Å². The van der Waals surface area contributed by atoms with Gasteiger partial charge in [-0.25, -0.2) is 0 Å². The third-order valence-corrected chi connectivity index (χ3v) is 3.15. The van der Waals surface area contributed by atoms with Gasteiger partial charge in [0.2, 0.25) is 11.2 Å². The maximum Gasteiger partial charge on any atom is 0.227 e. The summed E-state index contributed by atoms with van der Waals surface area (Å²) >= 11 is 5.78. The van der Waals surface area contributed by atoms with Gasteiger partial charge in [-0.1, -0.05) is 12.1 Å². The number of hydrogen-bond donors (Lipinski definition) is 1. The van der Waals surface area contributed by atoms with Crippen molar-refractivity contribution in [1.29, 1.82) is 0 Å². The molecule has 2 aromatic rings. The van der Waals surface area contributed by atoms with Crippen LogP contribution in [-0.4, -0.2) is 15.0 Å². The molecular formula is C12H11ClN4. The molecule has 0 saturated heterocycles. The Balaban J connectivity index is 2.09. The van der Waals surface area contributed by atoms with Crippen molar-refractivity contribution in [1.82, 2.24) is 15.0 Å². The first-order valence-corrected chi connectivity index (χ1v) is 5.89. The van der Waals surface area contributed by atoms with Crippen LogP contribution in [-0.2, 0) is 12.8 Å². The molecule has 1 heterocycles. The Bertz CT molecular complexity index is 562. The average molecular weight is 247 g/mol. The number of benzene rings is 1. The van der Waals surface area contributed by atoms with E-state index < -0.39 is 0 Å². The largest absolute Gasteiger partial charge is 0.368 e. The van der Waals surface area contributed by atoms with Gasteiger partial charge in [0, 0.05) is 5.56 Å².